The summed E-state index contributed by atoms with van der Waals surface area (Å²) in [5.74, 6) is 1.10. The molecule has 0 radical (unpaired) electrons. The van der Waals surface area contributed by atoms with Crippen LogP contribution in [0.1, 0.15) is 159 Å². The van der Waals surface area contributed by atoms with Gasteiger partial charge in [-0.2, -0.15) is 0 Å². The van der Waals surface area contributed by atoms with E-state index in [-0.39, 0.29) is 12.4 Å². The van der Waals surface area contributed by atoms with Gasteiger partial charge in [-0.15, -0.1) is 0 Å². The molecule has 0 heterocycles. The Morgan fingerprint density at radius 1 is 0.533 bits per heavy atom. The van der Waals surface area contributed by atoms with Gasteiger partial charge < -0.3 is 9.84 Å². The number of unbranched alkanes of at least 4 members (excludes halogenated alkanes) is 20. The highest BCUT2D eigenvalue weighted by atomic mass is 32.2. The van der Waals surface area contributed by atoms with E-state index in [0.29, 0.717) is 11.3 Å². The number of hydrogen-bond acceptors (Lipinski definition) is 4. The van der Waals surface area contributed by atoms with E-state index in [9.17, 15) is 8.42 Å². The third-order valence-electron chi connectivity index (χ3n) is 8.68. The fourth-order valence-corrected chi connectivity index (χ4v) is 7.09. The molecule has 0 saturated heterocycles. The van der Waals surface area contributed by atoms with Gasteiger partial charge in [-0.05, 0) is 54.7 Å². The summed E-state index contributed by atoms with van der Waals surface area (Å²) >= 11 is 0. The highest BCUT2D eigenvalue weighted by Gasteiger charge is 2.13. The first-order chi connectivity index (χ1) is 22.0. The first kappa shape index (κ1) is 39.1. The standard InChI is InChI=1S/C40H64O4S/c1-2-3-4-5-6-7-8-9-10-11-12-13-14-16-19-22-35-44-39-30-26-37(27-31-39)24-25-38-28-32-40(33-29-38)45(42,43)36-23-20-17-15-18-21-34-41/h24-33,41H,2-23,34-36H2,1H3. The van der Waals surface area contributed by atoms with Crippen molar-refractivity contribution in [3.05, 3.63) is 59.7 Å². The van der Waals surface area contributed by atoms with Crippen LogP contribution in [0.25, 0.3) is 12.2 Å². The molecule has 0 atom stereocenters. The van der Waals surface area contributed by atoms with Crippen LogP contribution in [0.5, 0.6) is 5.75 Å². The fraction of sp³-hybridized carbons (Fsp3) is 0.650. The lowest BCUT2D eigenvalue weighted by molar-refractivity contribution is 0.282. The Labute approximate surface area is 277 Å². The lowest BCUT2D eigenvalue weighted by atomic mass is 10.0. The first-order valence-electron chi connectivity index (χ1n) is 18.4. The third kappa shape index (κ3) is 19.9. The number of hydrogen-bond donors (Lipinski definition) is 1. The van der Waals surface area contributed by atoms with Crippen molar-refractivity contribution in [1.29, 1.82) is 0 Å². The molecule has 5 heteroatoms. The lowest BCUT2D eigenvalue weighted by Crippen LogP contribution is -2.06. The molecular formula is C40H64O4S. The van der Waals surface area contributed by atoms with Crippen molar-refractivity contribution in [2.24, 2.45) is 0 Å². The molecule has 2 aromatic carbocycles. The molecule has 0 amide bonds. The van der Waals surface area contributed by atoms with Gasteiger partial charge in [0, 0.05) is 6.61 Å². The van der Waals surface area contributed by atoms with Crippen LogP contribution in [0.15, 0.2) is 53.4 Å². The van der Waals surface area contributed by atoms with Gasteiger partial charge in [0.15, 0.2) is 9.84 Å². The smallest absolute Gasteiger partial charge is 0.178 e. The average molecular weight is 641 g/mol. The van der Waals surface area contributed by atoms with Crippen molar-refractivity contribution in [3.8, 4) is 5.75 Å². The Bertz CT molecular complexity index is 1090. The van der Waals surface area contributed by atoms with Gasteiger partial charge in [-0.1, -0.05) is 165 Å². The molecule has 2 rings (SSSR count). The molecule has 0 bridgehead atoms. The van der Waals surface area contributed by atoms with E-state index in [1.165, 1.54) is 96.3 Å². The highest BCUT2D eigenvalue weighted by Crippen LogP contribution is 2.19. The third-order valence-corrected chi connectivity index (χ3v) is 10.5. The van der Waals surface area contributed by atoms with E-state index in [4.69, 9.17) is 9.84 Å². The summed E-state index contributed by atoms with van der Waals surface area (Å²) in [5, 5.41) is 8.83. The Hall–Kier alpha value is -2.11. The summed E-state index contributed by atoms with van der Waals surface area (Å²) in [4.78, 5) is 0.394. The molecule has 2 aromatic rings. The Morgan fingerprint density at radius 2 is 0.933 bits per heavy atom. The second kappa shape index (κ2) is 26.0. The van der Waals surface area contributed by atoms with Gasteiger partial charge in [0.2, 0.25) is 0 Å². The van der Waals surface area contributed by atoms with E-state index in [0.717, 1.165) is 62.0 Å². The minimum absolute atomic E-state index is 0.191. The van der Waals surface area contributed by atoms with E-state index >= 15 is 0 Å². The number of sulfone groups is 1. The van der Waals surface area contributed by atoms with Crippen LogP contribution >= 0.6 is 0 Å². The van der Waals surface area contributed by atoms with Gasteiger partial charge in [0.1, 0.15) is 5.75 Å². The highest BCUT2D eigenvalue weighted by molar-refractivity contribution is 7.91. The van der Waals surface area contributed by atoms with Crippen LogP contribution in [0.2, 0.25) is 0 Å². The number of aliphatic hydroxyl groups is 1. The molecule has 0 aliphatic rings. The van der Waals surface area contributed by atoms with Gasteiger partial charge >= 0.3 is 0 Å². The molecule has 254 valence electrons. The molecule has 1 N–H and O–H groups in total. The summed E-state index contributed by atoms with van der Waals surface area (Å²) in [5.41, 5.74) is 2.06. The van der Waals surface area contributed by atoms with Crippen molar-refractivity contribution in [2.75, 3.05) is 19.0 Å². The number of benzene rings is 2. The summed E-state index contributed by atoms with van der Waals surface area (Å²) in [6.45, 7) is 3.29. The van der Waals surface area contributed by atoms with Crippen LogP contribution in [0.3, 0.4) is 0 Å². The Morgan fingerprint density at radius 3 is 1.40 bits per heavy atom. The Balaban J connectivity index is 1.51. The summed E-state index contributed by atoms with van der Waals surface area (Å²) in [6, 6.07) is 15.3. The zero-order valence-electron chi connectivity index (χ0n) is 28.5. The van der Waals surface area contributed by atoms with Crippen LogP contribution in [-0.2, 0) is 9.84 Å². The molecule has 0 unspecified atom stereocenters. The normalized spacial score (nSPS) is 11.9. The zero-order valence-corrected chi connectivity index (χ0v) is 29.3. The van der Waals surface area contributed by atoms with Crippen LogP contribution in [0.4, 0.5) is 0 Å². The summed E-state index contributed by atoms with van der Waals surface area (Å²) < 4.78 is 31.3. The zero-order chi connectivity index (χ0) is 32.3. The predicted molar refractivity (Wildman–Crippen MR) is 194 cm³/mol. The SMILES string of the molecule is CCCCCCCCCCCCCCCCCCOc1ccc(C=Cc2ccc(S(=O)(=O)CCCCCCCCO)cc2)cc1. The van der Waals surface area contributed by atoms with E-state index < -0.39 is 9.84 Å². The van der Waals surface area contributed by atoms with Crippen LogP contribution in [0, 0.1) is 0 Å². The minimum atomic E-state index is -3.25. The quantitative estimate of drug-likeness (QED) is 0.0710. The van der Waals surface area contributed by atoms with E-state index in [2.05, 4.69) is 19.1 Å². The first-order valence-corrected chi connectivity index (χ1v) is 20.0. The molecule has 0 fully saturated rings. The molecule has 4 nitrogen and oxygen atoms in total. The van der Waals surface area contributed by atoms with Crippen molar-refractivity contribution in [3.63, 3.8) is 0 Å². The molecule has 0 spiro atoms. The topological polar surface area (TPSA) is 63.6 Å². The second-order valence-electron chi connectivity index (χ2n) is 12.8. The van der Waals surface area contributed by atoms with Gasteiger partial charge in [0.05, 0.1) is 17.3 Å². The maximum atomic E-state index is 12.7. The molecule has 0 aliphatic heterocycles. The van der Waals surface area contributed by atoms with Crippen molar-refractivity contribution >= 4 is 22.0 Å². The molecule has 45 heavy (non-hydrogen) atoms. The summed E-state index contributed by atoms with van der Waals surface area (Å²) in [6.07, 6.45) is 31.6. The minimum Gasteiger partial charge on any atom is -0.494 e. The van der Waals surface area contributed by atoms with Crippen molar-refractivity contribution < 1.29 is 18.3 Å². The lowest BCUT2D eigenvalue weighted by Gasteiger charge is -2.07. The number of rotatable bonds is 29. The molecule has 0 aliphatic carbocycles. The summed E-state index contributed by atoms with van der Waals surface area (Å²) in [7, 11) is -3.25. The predicted octanol–water partition coefficient (Wildman–Crippen LogP) is 11.6. The largest absolute Gasteiger partial charge is 0.494 e. The fourth-order valence-electron chi connectivity index (χ4n) is 5.72. The van der Waals surface area contributed by atoms with Gasteiger partial charge in [-0.25, -0.2) is 8.42 Å². The van der Waals surface area contributed by atoms with Gasteiger partial charge in [-0.3, -0.25) is 0 Å². The maximum Gasteiger partial charge on any atom is 0.178 e. The van der Waals surface area contributed by atoms with E-state index in [1.54, 1.807) is 12.1 Å². The second-order valence-corrected chi connectivity index (χ2v) is 14.9. The average Bonchev–Trinajstić information content (AvgIpc) is 3.05. The Kier molecular flexibility index (Phi) is 22.6. The number of ether oxygens (including phenoxy) is 1. The monoisotopic (exact) mass is 640 g/mol. The van der Waals surface area contributed by atoms with Crippen LogP contribution < -0.4 is 4.74 Å². The van der Waals surface area contributed by atoms with E-state index in [1.807, 2.05) is 36.4 Å². The molecule has 0 aromatic heterocycles. The maximum absolute atomic E-state index is 12.7. The molecular weight excluding hydrogens is 577 g/mol. The van der Waals surface area contributed by atoms with Crippen molar-refractivity contribution in [2.45, 2.75) is 153 Å². The van der Waals surface area contributed by atoms with Crippen molar-refractivity contribution in [1.82, 2.24) is 0 Å². The van der Waals surface area contributed by atoms with Crippen LogP contribution in [-0.4, -0.2) is 32.5 Å². The number of aliphatic hydroxyl groups excluding tert-OH is 1. The molecule has 0 saturated carbocycles. The van der Waals surface area contributed by atoms with Gasteiger partial charge in [0.25, 0.3) is 0 Å².